The molecule has 2 aromatic rings. The minimum Gasteiger partial charge on any atom is -0.548 e. The zero-order valence-electron chi connectivity index (χ0n) is 15.1. The van der Waals surface area contributed by atoms with E-state index in [0.29, 0.717) is 0 Å². The fourth-order valence-corrected chi connectivity index (χ4v) is 3.39. The van der Waals surface area contributed by atoms with Crippen LogP contribution in [0.15, 0.2) is 48.5 Å². The van der Waals surface area contributed by atoms with E-state index in [4.69, 9.17) is 4.74 Å². The van der Waals surface area contributed by atoms with Gasteiger partial charge in [0.15, 0.2) is 0 Å². The summed E-state index contributed by atoms with van der Waals surface area (Å²) < 4.78 is 5.37. The van der Waals surface area contributed by atoms with E-state index in [1.54, 1.807) is 20.8 Å². The van der Waals surface area contributed by atoms with Gasteiger partial charge in [-0.2, -0.15) is 0 Å². The lowest BCUT2D eigenvalue weighted by atomic mass is 9.87. The number of hydrogen-bond donors (Lipinski definition) is 1. The molecule has 2 aromatic carbocycles. The topological polar surface area (TPSA) is 78.5 Å². The number of carbonyl (C=O) groups is 2. The maximum absolute atomic E-state index is 12.2. The van der Waals surface area contributed by atoms with Crippen LogP contribution in [-0.2, 0) is 9.53 Å². The molecule has 26 heavy (non-hydrogen) atoms. The number of benzene rings is 2. The van der Waals surface area contributed by atoms with Crippen molar-refractivity contribution in [3.8, 4) is 11.1 Å². The monoisotopic (exact) mass is 352 g/mol. The summed E-state index contributed by atoms with van der Waals surface area (Å²) >= 11 is 0. The Kier molecular flexibility index (Phi) is 4.72. The van der Waals surface area contributed by atoms with Gasteiger partial charge in [0.25, 0.3) is 0 Å². The molecule has 0 saturated heterocycles. The Bertz CT molecular complexity index is 792. The lowest BCUT2D eigenvalue weighted by molar-refractivity contribution is -0.310. The van der Waals surface area contributed by atoms with Crippen molar-refractivity contribution in [3.05, 3.63) is 59.7 Å². The summed E-state index contributed by atoms with van der Waals surface area (Å²) in [5, 5.41) is 13.7. The van der Waals surface area contributed by atoms with Gasteiger partial charge in [0.2, 0.25) is 0 Å². The van der Waals surface area contributed by atoms with E-state index in [-0.39, 0.29) is 12.5 Å². The normalized spacial score (nSPS) is 14.3. The van der Waals surface area contributed by atoms with Crippen molar-refractivity contribution < 1.29 is 19.4 Å². The van der Waals surface area contributed by atoms with E-state index in [2.05, 4.69) is 17.4 Å². The van der Waals surface area contributed by atoms with E-state index in [1.807, 2.05) is 36.4 Å². The maximum atomic E-state index is 12.2. The van der Waals surface area contributed by atoms with Crippen molar-refractivity contribution in [3.63, 3.8) is 0 Å². The average molecular weight is 352 g/mol. The number of alkyl carbamates (subject to hydrolysis) is 1. The Morgan fingerprint density at radius 3 is 2.00 bits per heavy atom. The lowest BCUT2D eigenvalue weighted by Gasteiger charge is -2.31. The Labute approximate surface area is 153 Å². The molecule has 1 N–H and O–H groups in total. The summed E-state index contributed by atoms with van der Waals surface area (Å²) in [5.74, 6) is -1.39. The van der Waals surface area contributed by atoms with Crippen molar-refractivity contribution >= 4 is 12.1 Å². The molecular weight excluding hydrogens is 330 g/mol. The van der Waals surface area contributed by atoms with E-state index in [9.17, 15) is 14.7 Å². The zero-order valence-corrected chi connectivity index (χ0v) is 15.1. The third-order valence-corrected chi connectivity index (χ3v) is 4.71. The van der Waals surface area contributed by atoms with Gasteiger partial charge in [-0.05, 0) is 27.7 Å². The highest BCUT2D eigenvalue weighted by Gasteiger charge is 2.31. The summed E-state index contributed by atoms with van der Waals surface area (Å²) in [6.45, 7) is 5.30. The van der Waals surface area contributed by atoms with Gasteiger partial charge >= 0.3 is 6.09 Å². The van der Waals surface area contributed by atoms with E-state index in [1.165, 1.54) is 0 Å². The van der Waals surface area contributed by atoms with Crippen LogP contribution in [0.1, 0.15) is 37.8 Å². The number of ether oxygens (including phenoxy) is 1. The molecule has 1 aliphatic carbocycles. The van der Waals surface area contributed by atoms with Gasteiger partial charge in [-0.25, -0.2) is 4.79 Å². The minimum absolute atomic E-state index is 0.0656. The van der Waals surface area contributed by atoms with Crippen LogP contribution in [0.5, 0.6) is 0 Å². The Morgan fingerprint density at radius 2 is 1.54 bits per heavy atom. The zero-order chi connectivity index (χ0) is 18.9. The molecule has 5 nitrogen and oxygen atoms in total. The van der Waals surface area contributed by atoms with Gasteiger partial charge in [0.05, 0.1) is 12.0 Å². The molecule has 0 radical (unpaired) electrons. The number of carbonyl (C=O) groups excluding carboxylic acids is 2. The molecule has 1 atom stereocenters. The number of fused-ring (bicyclic) bond motifs is 3. The predicted octanol–water partition coefficient (Wildman–Crippen LogP) is 2.69. The molecular formula is C21H22NO4-. The highest BCUT2D eigenvalue weighted by molar-refractivity contribution is 5.80. The first-order chi connectivity index (χ1) is 12.3. The van der Waals surface area contributed by atoms with Gasteiger partial charge in [0, 0.05) is 5.92 Å². The van der Waals surface area contributed by atoms with Gasteiger partial charge in [-0.1, -0.05) is 69.3 Å². The van der Waals surface area contributed by atoms with Crippen LogP contribution >= 0.6 is 0 Å². The second kappa shape index (κ2) is 6.83. The quantitative estimate of drug-likeness (QED) is 0.918. The first-order valence-electron chi connectivity index (χ1n) is 8.61. The molecule has 1 aliphatic rings. The van der Waals surface area contributed by atoms with Crippen molar-refractivity contribution in [2.75, 3.05) is 6.61 Å². The highest BCUT2D eigenvalue weighted by Crippen LogP contribution is 2.44. The molecule has 136 valence electrons. The number of rotatable bonds is 4. The highest BCUT2D eigenvalue weighted by atomic mass is 16.5. The van der Waals surface area contributed by atoms with Crippen LogP contribution in [-0.4, -0.2) is 24.7 Å². The molecule has 0 spiro atoms. The van der Waals surface area contributed by atoms with Gasteiger partial charge in [-0.3, -0.25) is 0 Å². The fraction of sp³-hybridized carbons (Fsp3) is 0.333. The standard InChI is InChI=1S/C21H23NO4/c1-21(2,3)18(19(23)24)22-20(25)26-12-17-15-10-6-4-8-13(15)14-9-5-7-11-16(14)17/h4-11,17-18H,12H2,1-3H3,(H,22,25)(H,23,24)/p-1/t18-/m1/s1. The van der Waals surface area contributed by atoms with Crippen LogP contribution < -0.4 is 10.4 Å². The third kappa shape index (κ3) is 3.43. The first kappa shape index (κ1) is 18.0. The van der Waals surface area contributed by atoms with Crippen molar-refractivity contribution in [1.82, 2.24) is 5.32 Å². The number of aliphatic carboxylic acids is 1. The van der Waals surface area contributed by atoms with E-state index >= 15 is 0 Å². The number of hydrogen-bond acceptors (Lipinski definition) is 4. The molecule has 0 bridgehead atoms. The summed E-state index contributed by atoms with van der Waals surface area (Å²) in [7, 11) is 0. The van der Waals surface area contributed by atoms with Crippen LogP contribution in [0, 0.1) is 5.41 Å². The molecule has 0 aliphatic heterocycles. The van der Waals surface area contributed by atoms with Gasteiger partial charge in [-0.15, -0.1) is 0 Å². The SMILES string of the molecule is CC(C)(C)[C@H](NC(=O)OCC1c2ccccc2-c2ccccc21)C(=O)[O-]. The molecule has 3 rings (SSSR count). The molecule has 0 heterocycles. The summed E-state index contributed by atoms with van der Waals surface area (Å²) in [6.07, 6.45) is -0.754. The van der Waals surface area contributed by atoms with E-state index in [0.717, 1.165) is 22.3 Å². The smallest absolute Gasteiger partial charge is 0.407 e. The fourth-order valence-electron chi connectivity index (χ4n) is 3.39. The maximum Gasteiger partial charge on any atom is 0.407 e. The first-order valence-corrected chi connectivity index (χ1v) is 8.61. The second-order valence-corrected chi connectivity index (χ2v) is 7.59. The number of nitrogens with one attached hydrogen (secondary N) is 1. The average Bonchev–Trinajstić information content (AvgIpc) is 2.91. The van der Waals surface area contributed by atoms with Gasteiger partial charge < -0.3 is 20.0 Å². The second-order valence-electron chi connectivity index (χ2n) is 7.59. The van der Waals surface area contributed by atoms with E-state index < -0.39 is 23.5 Å². The Morgan fingerprint density at radius 1 is 1.04 bits per heavy atom. The molecule has 0 aromatic heterocycles. The van der Waals surface area contributed by atoms with Crippen LogP contribution in [0.25, 0.3) is 11.1 Å². The van der Waals surface area contributed by atoms with Crippen LogP contribution in [0.3, 0.4) is 0 Å². The van der Waals surface area contributed by atoms with Crippen molar-refractivity contribution in [2.45, 2.75) is 32.7 Å². The minimum atomic E-state index is -1.33. The number of carboxylic acids is 1. The lowest BCUT2D eigenvalue weighted by Crippen LogP contribution is -2.54. The summed E-state index contributed by atoms with van der Waals surface area (Å²) in [5.41, 5.74) is 3.81. The number of carboxylic acid groups (broad SMARTS) is 1. The Hall–Kier alpha value is -2.82. The van der Waals surface area contributed by atoms with Crippen LogP contribution in [0.4, 0.5) is 4.79 Å². The van der Waals surface area contributed by atoms with Crippen LogP contribution in [0.2, 0.25) is 0 Å². The number of amides is 1. The molecule has 5 heteroatoms. The molecule has 0 saturated carbocycles. The molecule has 0 fully saturated rings. The van der Waals surface area contributed by atoms with Crippen molar-refractivity contribution in [2.24, 2.45) is 5.41 Å². The van der Waals surface area contributed by atoms with Gasteiger partial charge in [0.1, 0.15) is 6.61 Å². The summed E-state index contributed by atoms with van der Waals surface area (Å²) in [4.78, 5) is 23.4. The third-order valence-electron chi connectivity index (χ3n) is 4.71. The Balaban J connectivity index is 1.74. The largest absolute Gasteiger partial charge is 0.548 e. The summed E-state index contributed by atoms with van der Waals surface area (Å²) in [6, 6.07) is 14.9. The van der Waals surface area contributed by atoms with Crippen molar-refractivity contribution in [1.29, 1.82) is 0 Å². The molecule has 1 amide bonds. The molecule has 0 unspecified atom stereocenters. The predicted molar refractivity (Wildman–Crippen MR) is 96.5 cm³/mol.